The molecule has 6 heteroatoms. The molecule has 2 atom stereocenters. The molecule has 1 N–H and O–H groups in total. The van der Waals surface area contributed by atoms with E-state index in [1.807, 2.05) is 6.92 Å². The van der Waals surface area contributed by atoms with Gasteiger partial charge in [-0.25, -0.2) is 4.98 Å². The minimum absolute atomic E-state index is 0.139. The van der Waals surface area contributed by atoms with Crippen molar-refractivity contribution >= 4 is 22.4 Å². The summed E-state index contributed by atoms with van der Waals surface area (Å²) in [7, 11) is 0. The number of thiazole rings is 1. The van der Waals surface area contributed by atoms with Crippen molar-refractivity contribution in [3.63, 3.8) is 0 Å². The number of esters is 1. The number of aromatic nitrogens is 1. The summed E-state index contributed by atoms with van der Waals surface area (Å²) in [6.07, 6.45) is 3.93. The topological polar surface area (TPSA) is 62.7 Å². The summed E-state index contributed by atoms with van der Waals surface area (Å²) in [5, 5.41) is 10.3. The van der Waals surface area contributed by atoms with Crippen LogP contribution in [0, 0.1) is 5.92 Å². The number of piperidine rings is 1. The van der Waals surface area contributed by atoms with Crippen LogP contribution in [0.4, 0.5) is 5.13 Å². The van der Waals surface area contributed by atoms with E-state index in [-0.39, 0.29) is 18.5 Å². The quantitative estimate of drug-likeness (QED) is 0.861. The summed E-state index contributed by atoms with van der Waals surface area (Å²) in [6, 6.07) is 0. The average Bonchev–Trinajstić information content (AvgIpc) is 3.07. The van der Waals surface area contributed by atoms with Gasteiger partial charge in [-0.2, -0.15) is 0 Å². The van der Waals surface area contributed by atoms with Gasteiger partial charge in [-0.05, 0) is 38.5 Å². The van der Waals surface area contributed by atoms with Gasteiger partial charge in [0.05, 0.1) is 12.3 Å². The number of carbonyl (C=O) groups is 1. The van der Waals surface area contributed by atoms with E-state index < -0.39 is 0 Å². The van der Waals surface area contributed by atoms with Crippen LogP contribution in [0.2, 0.25) is 0 Å². The first kappa shape index (κ1) is 14.8. The van der Waals surface area contributed by atoms with Gasteiger partial charge in [0.1, 0.15) is 5.92 Å². The van der Waals surface area contributed by atoms with Crippen LogP contribution in [-0.2, 0) is 16.0 Å². The first-order valence-electron chi connectivity index (χ1n) is 7.75. The van der Waals surface area contributed by atoms with Crippen LogP contribution >= 0.6 is 11.3 Å². The van der Waals surface area contributed by atoms with Gasteiger partial charge >= 0.3 is 5.97 Å². The lowest BCUT2D eigenvalue weighted by molar-refractivity contribution is -0.145. The third-order valence-electron chi connectivity index (χ3n) is 4.33. The van der Waals surface area contributed by atoms with Crippen LogP contribution in [0.5, 0.6) is 0 Å². The molecule has 0 amide bonds. The highest BCUT2D eigenvalue weighted by Crippen LogP contribution is 2.40. The molecule has 2 aliphatic rings. The number of hydrogen-bond donors (Lipinski definition) is 1. The largest absolute Gasteiger partial charge is 0.465 e. The summed E-state index contributed by atoms with van der Waals surface area (Å²) in [4.78, 5) is 20.2. The smallest absolute Gasteiger partial charge is 0.315 e. The van der Waals surface area contributed by atoms with Crippen molar-refractivity contribution in [2.75, 3.05) is 31.2 Å². The zero-order chi connectivity index (χ0) is 14.8. The van der Waals surface area contributed by atoms with E-state index >= 15 is 0 Å². The van der Waals surface area contributed by atoms with Crippen LogP contribution in [0.3, 0.4) is 0 Å². The molecule has 0 aromatic carbocycles. The minimum atomic E-state index is -0.177. The fourth-order valence-corrected chi connectivity index (χ4v) is 4.38. The molecular formula is C15H22N2O3S. The Labute approximate surface area is 128 Å². The molecule has 1 aliphatic heterocycles. The number of ether oxygens (including phenoxy) is 1. The predicted octanol–water partition coefficient (Wildman–Crippen LogP) is 1.94. The Morgan fingerprint density at radius 3 is 3.14 bits per heavy atom. The highest BCUT2D eigenvalue weighted by Gasteiger charge is 2.34. The second kappa shape index (κ2) is 6.32. The molecule has 0 radical (unpaired) electrons. The van der Waals surface area contributed by atoms with Crippen LogP contribution in [0.15, 0.2) is 0 Å². The minimum Gasteiger partial charge on any atom is -0.465 e. The number of fused-ring (bicyclic) bond motifs is 1. The van der Waals surface area contributed by atoms with E-state index in [9.17, 15) is 9.90 Å². The maximum atomic E-state index is 12.0. The van der Waals surface area contributed by atoms with E-state index in [1.165, 1.54) is 4.88 Å². The van der Waals surface area contributed by atoms with E-state index in [0.29, 0.717) is 12.5 Å². The molecule has 116 valence electrons. The molecule has 0 bridgehead atoms. The van der Waals surface area contributed by atoms with Crippen LogP contribution in [0.25, 0.3) is 0 Å². The number of aliphatic hydroxyl groups is 1. The Morgan fingerprint density at radius 2 is 2.38 bits per heavy atom. The molecule has 1 saturated heterocycles. The molecule has 1 aromatic heterocycles. The van der Waals surface area contributed by atoms with Crippen molar-refractivity contribution in [2.45, 2.75) is 38.5 Å². The fraction of sp³-hybridized carbons (Fsp3) is 0.733. The molecule has 1 aliphatic carbocycles. The summed E-state index contributed by atoms with van der Waals surface area (Å²) in [5.74, 6) is 0.0294. The monoisotopic (exact) mass is 310 g/mol. The van der Waals surface area contributed by atoms with Gasteiger partial charge in [-0.1, -0.05) is 0 Å². The summed E-state index contributed by atoms with van der Waals surface area (Å²) >= 11 is 1.71. The number of hydrogen-bond acceptors (Lipinski definition) is 6. The van der Waals surface area contributed by atoms with E-state index in [4.69, 9.17) is 9.72 Å². The highest BCUT2D eigenvalue weighted by atomic mass is 32.1. The zero-order valence-corrected chi connectivity index (χ0v) is 13.2. The van der Waals surface area contributed by atoms with Crippen molar-refractivity contribution < 1.29 is 14.6 Å². The first-order chi connectivity index (χ1) is 10.2. The predicted molar refractivity (Wildman–Crippen MR) is 81.8 cm³/mol. The number of carbonyl (C=O) groups excluding carboxylic acids is 1. The molecule has 0 saturated carbocycles. The SMILES string of the molecule is CCOC(=O)C1CCc2sc(N3CCCC(CO)C3)nc21. The molecule has 5 nitrogen and oxygen atoms in total. The van der Waals surface area contributed by atoms with Crippen LogP contribution in [-0.4, -0.2) is 42.4 Å². The van der Waals surface area contributed by atoms with Crippen molar-refractivity contribution in [3.05, 3.63) is 10.6 Å². The number of nitrogens with zero attached hydrogens (tertiary/aromatic N) is 2. The zero-order valence-electron chi connectivity index (χ0n) is 12.4. The third-order valence-corrected chi connectivity index (χ3v) is 5.52. The molecule has 2 heterocycles. The Morgan fingerprint density at radius 1 is 1.52 bits per heavy atom. The van der Waals surface area contributed by atoms with Gasteiger partial charge in [0.25, 0.3) is 0 Å². The lowest BCUT2D eigenvalue weighted by Crippen LogP contribution is -2.36. The Hall–Kier alpha value is -1.14. The molecule has 1 fully saturated rings. The standard InChI is InChI=1S/C15H22N2O3S/c1-2-20-14(19)11-5-6-12-13(11)16-15(21-12)17-7-3-4-10(8-17)9-18/h10-11,18H,2-9H2,1H3. The van der Waals surface area contributed by atoms with E-state index in [0.717, 1.165) is 49.6 Å². The van der Waals surface area contributed by atoms with Gasteiger partial charge in [0.2, 0.25) is 0 Å². The second-order valence-corrected chi connectivity index (χ2v) is 6.85. The van der Waals surface area contributed by atoms with E-state index in [2.05, 4.69) is 4.90 Å². The van der Waals surface area contributed by atoms with Crippen LogP contribution < -0.4 is 4.90 Å². The fourth-order valence-electron chi connectivity index (χ4n) is 3.21. The first-order valence-corrected chi connectivity index (χ1v) is 8.56. The maximum absolute atomic E-state index is 12.0. The van der Waals surface area contributed by atoms with Crippen molar-refractivity contribution in [3.8, 4) is 0 Å². The average molecular weight is 310 g/mol. The molecule has 2 unspecified atom stereocenters. The Bertz CT molecular complexity index is 517. The number of aliphatic hydroxyl groups excluding tert-OH is 1. The number of rotatable bonds is 4. The molecular weight excluding hydrogens is 288 g/mol. The molecule has 21 heavy (non-hydrogen) atoms. The van der Waals surface area contributed by atoms with Gasteiger partial charge in [-0.3, -0.25) is 4.79 Å². The normalized spacial score (nSPS) is 25.0. The summed E-state index contributed by atoms with van der Waals surface area (Å²) < 4.78 is 5.15. The third kappa shape index (κ3) is 2.92. The van der Waals surface area contributed by atoms with Crippen molar-refractivity contribution in [2.24, 2.45) is 5.92 Å². The summed E-state index contributed by atoms with van der Waals surface area (Å²) in [5.41, 5.74) is 0.930. The van der Waals surface area contributed by atoms with Crippen LogP contribution in [0.1, 0.15) is 42.7 Å². The summed E-state index contributed by atoms with van der Waals surface area (Å²) in [6.45, 7) is 4.36. The van der Waals surface area contributed by atoms with Gasteiger partial charge in [0.15, 0.2) is 5.13 Å². The van der Waals surface area contributed by atoms with Gasteiger partial charge in [0, 0.05) is 24.6 Å². The molecule has 3 rings (SSSR count). The van der Waals surface area contributed by atoms with Gasteiger partial charge < -0.3 is 14.7 Å². The van der Waals surface area contributed by atoms with Crippen molar-refractivity contribution in [1.29, 1.82) is 0 Å². The lowest BCUT2D eigenvalue weighted by Gasteiger charge is -2.31. The Balaban J connectivity index is 1.75. The van der Waals surface area contributed by atoms with E-state index in [1.54, 1.807) is 11.3 Å². The lowest BCUT2D eigenvalue weighted by atomic mass is 10.00. The molecule has 0 spiro atoms. The molecule has 1 aromatic rings. The second-order valence-electron chi connectivity index (χ2n) is 5.79. The number of aryl methyl sites for hydroxylation is 1. The maximum Gasteiger partial charge on any atom is 0.315 e. The Kier molecular flexibility index (Phi) is 4.45. The number of anilines is 1. The highest BCUT2D eigenvalue weighted by molar-refractivity contribution is 7.15. The van der Waals surface area contributed by atoms with Crippen molar-refractivity contribution in [1.82, 2.24) is 4.98 Å². The van der Waals surface area contributed by atoms with Gasteiger partial charge in [-0.15, -0.1) is 11.3 Å².